The molecule has 0 unspecified atom stereocenters. The van der Waals surface area contributed by atoms with Gasteiger partial charge in [0.1, 0.15) is 11.4 Å². The smallest absolute Gasteiger partial charge is 0.444 e. The number of fused-ring (bicyclic) bond motifs is 1. The number of aromatic amines is 1. The predicted octanol–water partition coefficient (Wildman–Crippen LogP) is 7.27. The van der Waals surface area contributed by atoms with Gasteiger partial charge in [0.15, 0.2) is 0 Å². The summed E-state index contributed by atoms with van der Waals surface area (Å²) in [5.74, 6) is 0.799. The molecular formula is C34H40BN3O4. The van der Waals surface area contributed by atoms with Crippen LogP contribution in [0.2, 0.25) is 0 Å². The van der Waals surface area contributed by atoms with Gasteiger partial charge in [0, 0.05) is 12.1 Å². The molecular weight excluding hydrogens is 525 g/mol. The predicted molar refractivity (Wildman–Crippen MR) is 168 cm³/mol. The number of hydrogen-bond acceptors (Lipinski definition) is 5. The summed E-state index contributed by atoms with van der Waals surface area (Å²) in [4.78, 5) is 22.7. The highest BCUT2D eigenvalue weighted by Gasteiger charge is 2.51. The minimum absolute atomic E-state index is 0.104. The van der Waals surface area contributed by atoms with Crippen molar-refractivity contribution in [3.8, 4) is 22.4 Å². The van der Waals surface area contributed by atoms with Gasteiger partial charge in [0.05, 0.1) is 29.1 Å². The highest BCUT2D eigenvalue weighted by molar-refractivity contribution is 6.62. The molecule has 2 aliphatic rings. The molecule has 2 fully saturated rings. The van der Waals surface area contributed by atoms with E-state index >= 15 is 0 Å². The standard InChI is InChI=1S/C34H40BN3O4/c1-32(2,3)40-31(39)38-18-8-9-29(38)30-36-21-28(37-30)26-13-12-24-19-23(10-11-25(24)20-26)22-14-16-27(17-15-22)35-41-33(4,5)34(6,7)42-35/h10-17,19-21,29H,8-9,18H2,1-7H3,(H,36,37)/t29-/m0/s1. The first-order chi connectivity index (χ1) is 19.8. The monoisotopic (exact) mass is 565 g/mol. The number of aromatic nitrogens is 2. The second kappa shape index (κ2) is 10.3. The lowest BCUT2D eigenvalue weighted by Gasteiger charge is -2.32. The molecule has 4 aromatic rings. The Balaban J connectivity index is 1.18. The fraction of sp³-hybridized carbons (Fsp3) is 0.412. The Hall–Kier alpha value is -3.62. The summed E-state index contributed by atoms with van der Waals surface area (Å²) in [6, 6.07) is 21.3. The summed E-state index contributed by atoms with van der Waals surface area (Å²) in [6.45, 7) is 14.6. The molecule has 8 heteroatoms. The number of likely N-dealkylation sites (tertiary alicyclic amines) is 1. The second-order valence-electron chi connectivity index (χ2n) is 13.5. The number of carbonyl (C=O) groups excluding carboxylic acids is 1. The van der Waals surface area contributed by atoms with Crippen LogP contribution in [-0.4, -0.2) is 51.4 Å². The lowest BCUT2D eigenvalue weighted by Crippen LogP contribution is -2.41. The maximum absolute atomic E-state index is 12.8. The Morgan fingerprint density at radius 1 is 0.929 bits per heavy atom. The van der Waals surface area contributed by atoms with Crippen molar-refractivity contribution in [2.45, 2.75) is 84.2 Å². The first-order valence-corrected chi connectivity index (χ1v) is 14.8. The van der Waals surface area contributed by atoms with Crippen LogP contribution in [0, 0.1) is 0 Å². The number of rotatable bonds is 4. The Labute approximate surface area is 248 Å². The quantitative estimate of drug-likeness (QED) is 0.264. The van der Waals surface area contributed by atoms with Crippen molar-refractivity contribution >= 4 is 29.4 Å². The zero-order chi connectivity index (χ0) is 29.9. The summed E-state index contributed by atoms with van der Waals surface area (Å²) >= 11 is 0. The summed E-state index contributed by atoms with van der Waals surface area (Å²) in [5.41, 5.74) is 4.07. The molecule has 1 atom stereocenters. The SMILES string of the molecule is CC(C)(C)OC(=O)N1CCC[C@H]1c1ncc(-c2ccc3cc(-c4ccc(B5OC(C)(C)C(C)(C)O5)cc4)ccc3c2)[nH]1. The van der Waals surface area contributed by atoms with Gasteiger partial charge in [-0.25, -0.2) is 9.78 Å². The molecule has 0 radical (unpaired) electrons. The largest absolute Gasteiger partial charge is 0.494 e. The van der Waals surface area contributed by atoms with E-state index in [0.717, 1.165) is 57.3 Å². The number of nitrogens with one attached hydrogen (secondary N) is 1. The molecule has 0 bridgehead atoms. The van der Waals surface area contributed by atoms with Gasteiger partial charge in [-0.1, -0.05) is 48.5 Å². The van der Waals surface area contributed by atoms with Crippen molar-refractivity contribution in [2.24, 2.45) is 0 Å². The maximum Gasteiger partial charge on any atom is 0.494 e. The van der Waals surface area contributed by atoms with Crippen molar-refractivity contribution in [1.29, 1.82) is 0 Å². The molecule has 218 valence electrons. The Morgan fingerprint density at radius 3 is 2.17 bits per heavy atom. The van der Waals surface area contributed by atoms with Gasteiger partial charge in [-0.2, -0.15) is 0 Å². The third kappa shape index (κ3) is 5.46. The summed E-state index contributed by atoms with van der Waals surface area (Å²) in [7, 11) is -0.365. The lowest BCUT2D eigenvalue weighted by molar-refractivity contribution is 0.00578. The van der Waals surface area contributed by atoms with Crippen molar-refractivity contribution in [1.82, 2.24) is 14.9 Å². The number of ether oxygens (including phenoxy) is 1. The minimum Gasteiger partial charge on any atom is -0.444 e. The van der Waals surface area contributed by atoms with Gasteiger partial charge in [-0.15, -0.1) is 0 Å². The maximum atomic E-state index is 12.8. The van der Waals surface area contributed by atoms with Crippen molar-refractivity contribution in [2.75, 3.05) is 6.54 Å². The van der Waals surface area contributed by atoms with Crippen molar-refractivity contribution < 1.29 is 18.8 Å². The van der Waals surface area contributed by atoms with E-state index in [0.29, 0.717) is 6.54 Å². The zero-order valence-corrected chi connectivity index (χ0v) is 25.7. The van der Waals surface area contributed by atoms with Crippen LogP contribution >= 0.6 is 0 Å². The van der Waals surface area contributed by atoms with Gasteiger partial charge in [0.2, 0.25) is 0 Å². The number of H-pyrrole nitrogens is 1. The molecule has 7 nitrogen and oxygen atoms in total. The van der Waals surface area contributed by atoms with Crippen LogP contribution < -0.4 is 5.46 Å². The molecule has 6 rings (SSSR count). The van der Waals surface area contributed by atoms with Gasteiger partial charge in [0.25, 0.3) is 0 Å². The Kier molecular flexibility index (Phi) is 6.98. The van der Waals surface area contributed by atoms with Gasteiger partial charge < -0.3 is 19.0 Å². The van der Waals surface area contributed by atoms with E-state index < -0.39 is 5.60 Å². The number of benzene rings is 3. The van der Waals surface area contributed by atoms with E-state index in [2.05, 4.69) is 98.3 Å². The highest BCUT2D eigenvalue weighted by Crippen LogP contribution is 2.37. The van der Waals surface area contributed by atoms with Crippen LogP contribution in [0.3, 0.4) is 0 Å². The average Bonchev–Trinajstić information content (AvgIpc) is 3.65. The van der Waals surface area contributed by atoms with Crippen LogP contribution in [0.5, 0.6) is 0 Å². The van der Waals surface area contributed by atoms with E-state index in [-0.39, 0.29) is 30.5 Å². The molecule has 1 amide bonds. The first-order valence-electron chi connectivity index (χ1n) is 14.8. The molecule has 2 saturated heterocycles. The third-order valence-corrected chi connectivity index (χ3v) is 8.71. The van der Waals surface area contributed by atoms with Crippen molar-refractivity contribution in [3.63, 3.8) is 0 Å². The van der Waals surface area contributed by atoms with Crippen LogP contribution in [0.15, 0.2) is 66.9 Å². The van der Waals surface area contributed by atoms with Crippen LogP contribution in [-0.2, 0) is 14.0 Å². The molecule has 1 N–H and O–H groups in total. The lowest BCUT2D eigenvalue weighted by atomic mass is 9.78. The minimum atomic E-state index is -0.527. The zero-order valence-electron chi connectivity index (χ0n) is 25.7. The number of carbonyl (C=O) groups is 1. The van der Waals surface area contributed by atoms with Crippen LogP contribution in [0.25, 0.3) is 33.2 Å². The highest BCUT2D eigenvalue weighted by atomic mass is 16.7. The van der Waals surface area contributed by atoms with E-state index in [9.17, 15) is 4.79 Å². The topological polar surface area (TPSA) is 76.7 Å². The fourth-order valence-corrected chi connectivity index (χ4v) is 5.65. The molecule has 0 spiro atoms. The van der Waals surface area contributed by atoms with E-state index in [1.54, 1.807) is 4.90 Å². The Morgan fingerprint density at radius 2 is 1.52 bits per heavy atom. The first kappa shape index (κ1) is 28.5. The van der Waals surface area contributed by atoms with Crippen LogP contribution in [0.1, 0.15) is 73.2 Å². The third-order valence-electron chi connectivity index (χ3n) is 8.71. The van der Waals surface area contributed by atoms with Gasteiger partial charge in [-0.3, -0.25) is 4.90 Å². The van der Waals surface area contributed by atoms with E-state index in [1.807, 2.05) is 27.0 Å². The van der Waals surface area contributed by atoms with Crippen molar-refractivity contribution in [3.05, 3.63) is 72.7 Å². The molecule has 42 heavy (non-hydrogen) atoms. The summed E-state index contributed by atoms with van der Waals surface area (Å²) in [6.07, 6.45) is 3.37. The van der Waals surface area contributed by atoms with Crippen LogP contribution in [0.4, 0.5) is 4.79 Å². The Bertz CT molecular complexity index is 1600. The number of imidazole rings is 1. The van der Waals surface area contributed by atoms with E-state index in [4.69, 9.17) is 14.0 Å². The molecule has 0 saturated carbocycles. The molecule has 3 heterocycles. The van der Waals surface area contributed by atoms with E-state index in [1.165, 1.54) is 0 Å². The summed E-state index contributed by atoms with van der Waals surface area (Å²) in [5, 5.41) is 2.32. The number of amides is 1. The molecule has 1 aromatic heterocycles. The van der Waals surface area contributed by atoms with Gasteiger partial charge >= 0.3 is 13.2 Å². The fourth-order valence-electron chi connectivity index (χ4n) is 5.65. The number of nitrogens with zero attached hydrogens (tertiary/aromatic N) is 2. The molecule has 2 aliphatic heterocycles. The molecule has 0 aliphatic carbocycles. The summed E-state index contributed by atoms with van der Waals surface area (Å²) < 4.78 is 18.1. The normalized spacial score (nSPS) is 19.9. The number of hydrogen-bond donors (Lipinski definition) is 1. The van der Waals surface area contributed by atoms with Gasteiger partial charge in [-0.05, 0) is 101 Å². The molecule has 3 aromatic carbocycles. The second-order valence-corrected chi connectivity index (χ2v) is 13.5. The average molecular weight is 566 g/mol.